The summed E-state index contributed by atoms with van der Waals surface area (Å²) in [6, 6.07) is 0. The Hall–Kier alpha value is -2.19. The summed E-state index contributed by atoms with van der Waals surface area (Å²) in [5.41, 5.74) is -0.153. The summed E-state index contributed by atoms with van der Waals surface area (Å²) < 4.78 is 0. The molecule has 12 heteroatoms. The molecule has 0 unspecified atom stereocenters. The minimum Gasteiger partial charge on any atom is -0.481 e. The molecule has 0 aromatic carbocycles. The topological polar surface area (TPSA) is 163 Å². The van der Waals surface area contributed by atoms with Gasteiger partial charge in [-0.25, -0.2) is 14.4 Å². The van der Waals surface area contributed by atoms with Crippen LogP contribution in [0.15, 0.2) is 17.7 Å². The van der Waals surface area contributed by atoms with Crippen molar-refractivity contribution in [3.8, 4) is 0 Å². The number of aliphatic carboxylic acids is 3. The van der Waals surface area contributed by atoms with Gasteiger partial charge in [0, 0.05) is 12.2 Å². The Morgan fingerprint density at radius 3 is 1.00 bits per heavy atom. The first-order chi connectivity index (χ1) is 11.2. The third-order valence-corrected chi connectivity index (χ3v) is 1.76. The molecule has 0 spiro atoms. The Labute approximate surface area is 153 Å². The summed E-state index contributed by atoms with van der Waals surface area (Å²) in [5.74, 6) is 1.08. The van der Waals surface area contributed by atoms with E-state index in [0.717, 1.165) is 12.2 Å². The fourth-order valence-corrected chi connectivity index (χ4v) is 0.228. The maximum atomic E-state index is 9.70. The quantitative estimate of drug-likeness (QED) is 0.204. The molecule has 134 valence electrons. The van der Waals surface area contributed by atoms with Gasteiger partial charge in [-0.1, -0.05) is 0 Å². The third-order valence-electron chi connectivity index (χ3n) is 0.952. The molecule has 0 heterocycles. The number of rotatable bonds is 5. The van der Waals surface area contributed by atoms with Crippen LogP contribution in [0.4, 0.5) is 0 Å². The lowest BCUT2D eigenvalue weighted by Crippen LogP contribution is -1.92. The van der Waals surface area contributed by atoms with E-state index in [0.29, 0.717) is 0 Å². The Morgan fingerprint density at radius 2 is 0.917 bits per heavy atom. The summed E-state index contributed by atoms with van der Waals surface area (Å²) in [4.78, 5) is 56.6. The number of carboxylic acid groups (broad SMARTS) is 3. The molecular weight excluding hydrogens is 384 g/mol. The number of carboxylic acids is 3. The van der Waals surface area contributed by atoms with Gasteiger partial charge in [-0.3, -0.25) is 14.4 Å². The van der Waals surface area contributed by atoms with Gasteiger partial charge in [0.2, 0.25) is 0 Å². The Balaban J connectivity index is -0.000000116. The maximum absolute atomic E-state index is 9.70. The van der Waals surface area contributed by atoms with E-state index in [1.165, 1.54) is 17.8 Å². The van der Waals surface area contributed by atoms with Crippen LogP contribution < -0.4 is 0 Å². The number of hydrogen-bond donors (Lipinski definition) is 6. The van der Waals surface area contributed by atoms with Gasteiger partial charge >= 0.3 is 17.9 Å². The van der Waals surface area contributed by atoms with Crippen LogP contribution in [0.25, 0.3) is 0 Å². The molecule has 0 fully saturated rings. The molecule has 0 saturated heterocycles. The second-order valence-corrected chi connectivity index (χ2v) is 3.69. The summed E-state index contributed by atoms with van der Waals surface area (Å²) >= 11 is 10.2. The van der Waals surface area contributed by atoms with Gasteiger partial charge in [0.1, 0.15) is 17.8 Å². The van der Waals surface area contributed by atoms with Gasteiger partial charge in [0.15, 0.2) is 0 Å². The molecule has 0 aromatic heterocycles. The molecule has 0 aromatic rings. The van der Waals surface area contributed by atoms with E-state index < -0.39 is 17.9 Å². The van der Waals surface area contributed by atoms with Crippen LogP contribution in [-0.2, 0) is 28.8 Å². The maximum Gasteiger partial charge on any atom is 0.313 e. The summed E-state index contributed by atoms with van der Waals surface area (Å²) in [6.45, 7) is 0. The lowest BCUT2D eigenvalue weighted by molar-refractivity contribution is -0.134. The third kappa shape index (κ3) is 50.3. The van der Waals surface area contributed by atoms with Crippen molar-refractivity contribution in [1.29, 1.82) is 0 Å². The Kier molecular flexibility index (Phi) is 31.9. The zero-order valence-electron chi connectivity index (χ0n) is 11.9. The zero-order valence-corrected chi connectivity index (χ0v) is 14.6. The van der Waals surface area contributed by atoms with E-state index in [1.54, 1.807) is 0 Å². The fourth-order valence-electron chi connectivity index (χ4n) is 0.228. The van der Waals surface area contributed by atoms with Gasteiger partial charge in [-0.2, -0.15) is 37.9 Å². The molecule has 0 aliphatic carbocycles. The van der Waals surface area contributed by atoms with Gasteiger partial charge in [-0.15, -0.1) is 0 Å². The predicted octanol–water partition coefficient (Wildman–Crippen LogP) is -0.478. The van der Waals surface area contributed by atoms with Crippen molar-refractivity contribution in [2.75, 3.05) is 17.3 Å². The monoisotopic (exact) mass is 398 g/mol. The number of hydrogen-bond acceptors (Lipinski definition) is 9. The summed E-state index contributed by atoms with van der Waals surface area (Å²) in [7, 11) is 0. The second kappa shape index (κ2) is 25.7. The number of carbonyl (C=O) groups is 3. The minimum atomic E-state index is -0.881. The van der Waals surface area contributed by atoms with Crippen LogP contribution in [-0.4, -0.2) is 68.3 Å². The first kappa shape index (κ1) is 29.8. The highest BCUT2D eigenvalue weighted by atomic mass is 32.1. The van der Waals surface area contributed by atoms with Crippen molar-refractivity contribution in [3.63, 3.8) is 0 Å². The first-order valence-electron chi connectivity index (χ1n) is 5.31. The molecule has 9 nitrogen and oxygen atoms in total. The van der Waals surface area contributed by atoms with Crippen LogP contribution in [0.5, 0.6) is 0 Å². The molecule has 0 radical (unpaired) electrons. The van der Waals surface area contributed by atoms with E-state index in [9.17, 15) is 28.8 Å². The first-order valence-corrected chi connectivity index (χ1v) is 7.21. The summed E-state index contributed by atoms with van der Waals surface area (Å²) in [6.07, 6.45) is 1.61. The largest absolute Gasteiger partial charge is 0.481 e. The average molecular weight is 398 g/mol. The SMILES string of the molecule is O=C(O)CS.O=C(O)CS.O=C(O)CS.O=C=CC(=C=O)C=C=O. The minimum absolute atomic E-state index is 0.0833. The highest BCUT2D eigenvalue weighted by Crippen LogP contribution is 1.84. The van der Waals surface area contributed by atoms with Crippen molar-refractivity contribution >= 4 is 73.6 Å². The van der Waals surface area contributed by atoms with E-state index in [4.69, 9.17) is 15.3 Å². The predicted molar refractivity (Wildman–Crippen MR) is 94.2 cm³/mol. The van der Waals surface area contributed by atoms with Crippen LogP contribution in [0, 0.1) is 0 Å². The number of carbonyl (C=O) groups excluding carboxylic acids is 3. The van der Waals surface area contributed by atoms with Crippen LogP contribution >= 0.6 is 37.9 Å². The molecule has 0 aliphatic heterocycles. The molecule has 0 bridgehead atoms. The van der Waals surface area contributed by atoms with Crippen molar-refractivity contribution in [3.05, 3.63) is 17.7 Å². The van der Waals surface area contributed by atoms with Crippen molar-refractivity contribution in [1.82, 2.24) is 0 Å². The molecule has 0 atom stereocenters. The zero-order chi connectivity index (χ0) is 20.0. The van der Waals surface area contributed by atoms with Crippen LogP contribution in [0.1, 0.15) is 0 Å². The smallest absolute Gasteiger partial charge is 0.313 e. The molecular formula is C12H14O9S3. The lowest BCUT2D eigenvalue weighted by atomic mass is 10.3. The van der Waals surface area contributed by atoms with E-state index >= 15 is 0 Å². The number of thiol groups is 3. The molecule has 0 aliphatic rings. The standard InChI is InChI=1S/C6H2O3.3C2H4O2S/c7-3-1-6(5-9)2-4-8;3*3-2(4)1-5/h1-2H;3*5H,1H2,(H,3,4). The van der Waals surface area contributed by atoms with Gasteiger partial charge < -0.3 is 15.3 Å². The van der Waals surface area contributed by atoms with Crippen molar-refractivity contribution in [2.24, 2.45) is 0 Å². The fraction of sp³-hybridized carbons (Fsp3) is 0.250. The molecule has 0 rings (SSSR count). The molecule has 24 heavy (non-hydrogen) atoms. The Bertz CT molecular complexity index is 473. The summed E-state index contributed by atoms with van der Waals surface area (Å²) in [5, 5.41) is 22.9. The van der Waals surface area contributed by atoms with E-state index in [2.05, 4.69) is 37.9 Å². The molecule has 3 N–H and O–H groups in total. The van der Waals surface area contributed by atoms with Crippen LogP contribution in [0.3, 0.4) is 0 Å². The van der Waals surface area contributed by atoms with Gasteiger partial charge in [-0.05, 0) is 0 Å². The van der Waals surface area contributed by atoms with Crippen molar-refractivity contribution < 1.29 is 44.1 Å². The average Bonchev–Trinajstić information content (AvgIpc) is 2.56. The Morgan fingerprint density at radius 1 is 0.708 bits per heavy atom. The number of allylic oxidation sites excluding steroid dienone is 3. The van der Waals surface area contributed by atoms with E-state index in [1.807, 2.05) is 0 Å². The van der Waals surface area contributed by atoms with Gasteiger partial charge in [0.25, 0.3) is 0 Å². The van der Waals surface area contributed by atoms with Crippen molar-refractivity contribution in [2.45, 2.75) is 0 Å². The van der Waals surface area contributed by atoms with Gasteiger partial charge in [0.05, 0.1) is 22.8 Å². The highest BCUT2D eigenvalue weighted by Gasteiger charge is 1.83. The van der Waals surface area contributed by atoms with E-state index in [-0.39, 0.29) is 22.8 Å². The normalized spacial score (nSPS) is 6.79. The second-order valence-electron chi connectivity index (χ2n) is 2.74. The lowest BCUT2D eigenvalue weighted by Gasteiger charge is -1.71. The van der Waals surface area contributed by atoms with Crippen LogP contribution in [0.2, 0.25) is 0 Å². The molecule has 0 saturated carbocycles. The molecule has 0 amide bonds. The highest BCUT2D eigenvalue weighted by molar-refractivity contribution is 7.81.